The lowest BCUT2D eigenvalue weighted by atomic mass is 10.4. The highest BCUT2D eigenvalue weighted by atomic mass is 35.5. The smallest absolute Gasteiger partial charge is 0.288 e. The van der Waals surface area contributed by atoms with Gasteiger partial charge in [0.2, 0.25) is 0 Å². The number of nitrogens with zero attached hydrogens (tertiary/aromatic N) is 3. The van der Waals surface area contributed by atoms with Crippen molar-refractivity contribution >= 4 is 23.2 Å². The topological polar surface area (TPSA) is 47.4 Å². The fraction of sp³-hybridized carbons (Fsp3) is 0.600. The maximum atomic E-state index is 11.7. The molecular weight excluding hydrogens is 265 g/mol. The Kier molecular flexibility index (Phi) is 5.91. The predicted octanol–water partition coefficient (Wildman–Crippen LogP) is 1.48. The molecule has 0 spiro atoms. The molecule has 0 saturated carbocycles. The number of ether oxygens (including phenoxy) is 1. The normalized spacial score (nSPS) is 11.1. The van der Waals surface area contributed by atoms with Gasteiger partial charge >= 0.3 is 0 Å². The minimum atomic E-state index is -0.377. The van der Waals surface area contributed by atoms with Gasteiger partial charge in [0.25, 0.3) is 5.56 Å². The monoisotopic (exact) mass is 279 g/mol. The number of hydrogen-bond donors (Lipinski definition) is 0. The van der Waals surface area contributed by atoms with Crippen molar-refractivity contribution in [2.45, 2.75) is 13.1 Å². The van der Waals surface area contributed by atoms with Gasteiger partial charge in [-0.25, -0.2) is 4.68 Å². The van der Waals surface area contributed by atoms with Crippen LogP contribution in [-0.4, -0.2) is 42.0 Å². The van der Waals surface area contributed by atoms with Crippen LogP contribution in [0.4, 0.5) is 0 Å². The summed E-state index contributed by atoms with van der Waals surface area (Å²) < 4.78 is 6.23. The average Bonchev–Trinajstić information content (AvgIpc) is 2.30. The maximum Gasteiger partial charge on any atom is 0.288 e. The second-order valence-corrected chi connectivity index (χ2v) is 4.46. The van der Waals surface area contributed by atoms with E-state index in [2.05, 4.69) is 5.10 Å². The Morgan fingerprint density at radius 1 is 1.53 bits per heavy atom. The summed E-state index contributed by atoms with van der Waals surface area (Å²) in [5.74, 6) is 0. The first kappa shape index (κ1) is 14.4. The lowest BCUT2D eigenvalue weighted by molar-refractivity contribution is 0.167. The van der Waals surface area contributed by atoms with Gasteiger partial charge in [-0.2, -0.15) is 5.10 Å². The first-order chi connectivity index (χ1) is 8.06. The second kappa shape index (κ2) is 6.96. The van der Waals surface area contributed by atoms with E-state index in [0.29, 0.717) is 13.3 Å². The Morgan fingerprint density at radius 2 is 2.24 bits per heavy atom. The lowest BCUT2D eigenvalue weighted by Crippen LogP contribution is -2.32. The van der Waals surface area contributed by atoms with Gasteiger partial charge in [0, 0.05) is 20.3 Å². The lowest BCUT2D eigenvalue weighted by Gasteiger charge is -2.16. The molecule has 0 N–H and O–H groups in total. The van der Waals surface area contributed by atoms with Gasteiger partial charge in [0.1, 0.15) is 5.02 Å². The largest absolute Gasteiger partial charge is 0.385 e. The summed E-state index contributed by atoms with van der Waals surface area (Å²) in [6.07, 6.45) is 2.26. The Morgan fingerprint density at radius 3 is 2.88 bits per heavy atom. The van der Waals surface area contributed by atoms with Gasteiger partial charge in [-0.15, -0.1) is 0 Å². The Bertz CT molecular complexity index is 423. The van der Waals surface area contributed by atoms with Gasteiger partial charge in [-0.1, -0.05) is 23.2 Å². The van der Waals surface area contributed by atoms with Crippen LogP contribution in [0.15, 0.2) is 11.0 Å². The third-order valence-electron chi connectivity index (χ3n) is 2.21. The fourth-order valence-corrected chi connectivity index (χ4v) is 1.59. The van der Waals surface area contributed by atoms with E-state index in [-0.39, 0.29) is 15.6 Å². The summed E-state index contributed by atoms with van der Waals surface area (Å²) in [4.78, 5) is 13.6. The van der Waals surface area contributed by atoms with Crippen molar-refractivity contribution in [2.24, 2.45) is 0 Å². The minimum absolute atomic E-state index is 0.00644. The third-order valence-corrected chi connectivity index (χ3v) is 2.95. The molecular formula is C10H15Cl2N3O2. The Hall–Kier alpha value is -0.620. The first-order valence-corrected chi connectivity index (χ1v) is 5.90. The van der Waals surface area contributed by atoms with Gasteiger partial charge in [0.05, 0.1) is 17.9 Å². The quantitative estimate of drug-likeness (QED) is 0.740. The summed E-state index contributed by atoms with van der Waals surface area (Å²) >= 11 is 11.4. The molecule has 17 heavy (non-hydrogen) atoms. The third kappa shape index (κ3) is 4.27. The summed E-state index contributed by atoms with van der Waals surface area (Å²) in [6, 6.07) is 0. The van der Waals surface area contributed by atoms with Crippen molar-refractivity contribution in [3.8, 4) is 0 Å². The van der Waals surface area contributed by atoms with E-state index in [1.807, 2.05) is 11.9 Å². The van der Waals surface area contributed by atoms with Crippen LogP contribution >= 0.6 is 23.2 Å². The summed E-state index contributed by atoms with van der Waals surface area (Å²) in [5.41, 5.74) is -0.377. The van der Waals surface area contributed by atoms with Crippen LogP contribution in [0.2, 0.25) is 10.0 Å². The van der Waals surface area contributed by atoms with E-state index < -0.39 is 0 Å². The Labute approximate surface area is 110 Å². The second-order valence-electron chi connectivity index (χ2n) is 3.68. The number of methoxy groups -OCH3 is 1. The van der Waals surface area contributed by atoms with Gasteiger partial charge in [0.15, 0.2) is 0 Å². The number of halogens is 2. The summed E-state index contributed by atoms with van der Waals surface area (Å²) in [7, 11) is 3.55. The molecule has 0 radical (unpaired) electrons. The molecule has 0 saturated heterocycles. The molecule has 0 atom stereocenters. The highest BCUT2D eigenvalue weighted by Gasteiger charge is 2.08. The number of hydrogen-bond acceptors (Lipinski definition) is 4. The zero-order valence-electron chi connectivity index (χ0n) is 9.82. The summed E-state index contributed by atoms with van der Waals surface area (Å²) in [6.45, 7) is 1.87. The molecule has 5 nitrogen and oxygen atoms in total. The first-order valence-electron chi connectivity index (χ1n) is 5.15. The molecule has 0 aliphatic carbocycles. The number of rotatable bonds is 6. The highest BCUT2D eigenvalue weighted by Crippen LogP contribution is 2.14. The molecule has 0 amide bonds. The van der Waals surface area contributed by atoms with Crippen molar-refractivity contribution in [2.75, 3.05) is 27.3 Å². The zero-order chi connectivity index (χ0) is 12.8. The summed E-state index contributed by atoms with van der Waals surface area (Å²) in [5, 5.41) is 4.10. The standard InChI is InChI=1S/C10H15Cl2N3O2/c1-14(4-3-5-17-2)7-15-10(16)9(12)8(11)6-13-15/h6H,3-5,7H2,1-2H3. The van der Waals surface area contributed by atoms with E-state index in [1.54, 1.807) is 7.11 Å². The van der Waals surface area contributed by atoms with E-state index in [0.717, 1.165) is 13.0 Å². The maximum absolute atomic E-state index is 11.7. The van der Waals surface area contributed by atoms with Crippen LogP contribution < -0.4 is 5.56 Å². The minimum Gasteiger partial charge on any atom is -0.385 e. The van der Waals surface area contributed by atoms with Crippen molar-refractivity contribution in [3.05, 3.63) is 26.6 Å². The Balaban J connectivity index is 2.63. The molecule has 0 aromatic carbocycles. The SMILES string of the molecule is COCCCN(C)Cn1ncc(Cl)c(Cl)c1=O. The number of aromatic nitrogens is 2. The average molecular weight is 280 g/mol. The van der Waals surface area contributed by atoms with E-state index in [9.17, 15) is 4.79 Å². The molecule has 96 valence electrons. The van der Waals surface area contributed by atoms with Crippen LogP contribution in [0.5, 0.6) is 0 Å². The van der Waals surface area contributed by atoms with Crippen LogP contribution in [0.1, 0.15) is 6.42 Å². The predicted molar refractivity (Wildman–Crippen MR) is 67.6 cm³/mol. The molecule has 1 aromatic rings. The van der Waals surface area contributed by atoms with Crippen molar-refractivity contribution in [1.82, 2.24) is 14.7 Å². The van der Waals surface area contributed by atoms with Crippen molar-refractivity contribution in [1.29, 1.82) is 0 Å². The highest BCUT2D eigenvalue weighted by molar-refractivity contribution is 6.41. The van der Waals surface area contributed by atoms with E-state index in [4.69, 9.17) is 27.9 Å². The van der Waals surface area contributed by atoms with Gasteiger partial charge in [-0.05, 0) is 13.5 Å². The van der Waals surface area contributed by atoms with Crippen LogP contribution in [0.3, 0.4) is 0 Å². The molecule has 1 aromatic heterocycles. The van der Waals surface area contributed by atoms with Crippen LogP contribution in [0, 0.1) is 0 Å². The van der Waals surface area contributed by atoms with Crippen LogP contribution in [-0.2, 0) is 11.4 Å². The molecule has 0 fully saturated rings. The molecule has 0 aliphatic heterocycles. The fourth-order valence-electron chi connectivity index (χ4n) is 1.32. The van der Waals surface area contributed by atoms with Crippen molar-refractivity contribution in [3.63, 3.8) is 0 Å². The molecule has 1 rings (SSSR count). The van der Waals surface area contributed by atoms with Crippen molar-refractivity contribution < 1.29 is 4.74 Å². The molecule has 0 bridgehead atoms. The zero-order valence-corrected chi connectivity index (χ0v) is 11.3. The molecule has 0 unspecified atom stereocenters. The van der Waals surface area contributed by atoms with Gasteiger partial charge in [-0.3, -0.25) is 9.69 Å². The van der Waals surface area contributed by atoms with Crippen LogP contribution in [0.25, 0.3) is 0 Å². The van der Waals surface area contributed by atoms with Gasteiger partial charge < -0.3 is 4.74 Å². The van der Waals surface area contributed by atoms with E-state index >= 15 is 0 Å². The molecule has 0 aliphatic rings. The molecule has 1 heterocycles. The van der Waals surface area contributed by atoms with E-state index in [1.165, 1.54) is 10.9 Å². The molecule has 7 heteroatoms.